The standard InChI is InChI=1S/C19H20N2O3/c1-13-8-10-16(11-9-13)21-14(2)18(23)20(19(21)24)12-17(22)15-6-4-3-5-7-15/h3-11,14,17,22H,12H2,1-2H3/t14-,17+/m1/s1. The van der Waals surface area contributed by atoms with Crippen molar-refractivity contribution in [1.29, 1.82) is 0 Å². The number of carbonyl (C=O) groups is 2. The first-order valence-corrected chi connectivity index (χ1v) is 7.93. The van der Waals surface area contributed by atoms with Crippen molar-refractivity contribution in [2.45, 2.75) is 26.0 Å². The second-order valence-corrected chi connectivity index (χ2v) is 6.04. The summed E-state index contributed by atoms with van der Waals surface area (Å²) < 4.78 is 0. The molecule has 3 rings (SSSR count). The fourth-order valence-electron chi connectivity index (χ4n) is 2.89. The van der Waals surface area contributed by atoms with Gasteiger partial charge in [0.2, 0.25) is 0 Å². The Kier molecular flexibility index (Phi) is 4.36. The van der Waals surface area contributed by atoms with Crippen molar-refractivity contribution in [3.8, 4) is 0 Å². The van der Waals surface area contributed by atoms with Gasteiger partial charge in [0.1, 0.15) is 6.04 Å². The number of amides is 3. The van der Waals surface area contributed by atoms with Gasteiger partial charge in [-0.2, -0.15) is 0 Å². The first kappa shape index (κ1) is 16.2. The highest BCUT2D eigenvalue weighted by Gasteiger charge is 2.43. The number of carbonyl (C=O) groups excluding carboxylic acids is 2. The predicted octanol–water partition coefficient (Wildman–Crippen LogP) is 2.89. The minimum atomic E-state index is -0.899. The Morgan fingerprint density at radius 3 is 2.29 bits per heavy atom. The molecule has 5 nitrogen and oxygen atoms in total. The number of aliphatic hydroxyl groups is 1. The van der Waals surface area contributed by atoms with Gasteiger partial charge in [-0.15, -0.1) is 0 Å². The minimum Gasteiger partial charge on any atom is -0.387 e. The van der Waals surface area contributed by atoms with Crippen LogP contribution in [0.4, 0.5) is 10.5 Å². The van der Waals surface area contributed by atoms with Crippen LogP contribution in [0.1, 0.15) is 24.2 Å². The zero-order valence-corrected chi connectivity index (χ0v) is 13.7. The van der Waals surface area contributed by atoms with E-state index in [-0.39, 0.29) is 12.5 Å². The summed E-state index contributed by atoms with van der Waals surface area (Å²) in [6.45, 7) is 3.62. The van der Waals surface area contributed by atoms with E-state index in [1.165, 1.54) is 4.90 Å². The van der Waals surface area contributed by atoms with Crippen molar-refractivity contribution in [1.82, 2.24) is 4.90 Å². The molecule has 124 valence electrons. The van der Waals surface area contributed by atoms with Crippen LogP contribution in [-0.4, -0.2) is 34.5 Å². The van der Waals surface area contributed by atoms with Gasteiger partial charge in [-0.3, -0.25) is 14.6 Å². The highest BCUT2D eigenvalue weighted by Crippen LogP contribution is 2.27. The molecule has 0 unspecified atom stereocenters. The molecule has 1 aliphatic heterocycles. The third-order valence-corrected chi connectivity index (χ3v) is 4.30. The molecular weight excluding hydrogens is 304 g/mol. The first-order chi connectivity index (χ1) is 11.5. The normalized spacial score (nSPS) is 19.0. The minimum absolute atomic E-state index is 0.0472. The van der Waals surface area contributed by atoms with E-state index < -0.39 is 18.2 Å². The number of anilines is 1. The molecule has 1 aliphatic rings. The number of imide groups is 1. The predicted molar refractivity (Wildman–Crippen MR) is 91.6 cm³/mol. The lowest BCUT2D eigenvalue weighted by Crippen LogP contribution is -2.36. The van der Waals surface area contributed by atoms with E-state index in [1.807, 2.05) is 49.4 Å². The lowest BCUT2D eigenvalue weighted by Gasteiger charge is -2.21. The van der Waals surface area contributed by atoms with E-state index in [1.54, 1.807) is 19.1 Å². The molecule has 0 bridgehead atoms. The lowest BCUT2D eigenvalue weighted by molar-refractivity contribution is -0.127. The molecule has 1 heterocycles. The highest BCUT2D eigenvalue weighted by molar-refractivity contribution is 6.14. The number of aliphatic hydroxyl groups excluding tert-OH is 1. The molecule has 0 aliphatic carbocycles. The molecular formula is C19H20N2O3. The van der Waals surface area contributed by atoms with Crippen molar-refractivity contribution >= 4 is 17.6 Å². The zero-order chi connectivity index (χ0) is 17.3. The number of nitrogens with zero attached hydrogens (tertiary/aromatic N) is 2. The van der Waals surface area contributed by atoms with E-state index in [0.717, 1.165) is 10.5 Å². The number of β-amino-alcohol motifs (C(OH)–C–C–N with tert-alkyl or cyclic N) is 1. The monoisotopic (exact) mass is 324 g/mol. The third kappa shape index (κ3) is 2.90. The Morgan fingerprint density at radius 1 is 1.04 bits per heavy atom. The van der Waals surface area contributed by atoms with Crippen molar-refractivity contribution in [3.63, 3.8) is 0 Å². The average Bonchev–Trinajstić information content (AvgIpc) is 2.80. The van der Waals surface area contributed by atoms with Crippen LogP contribution in [0.5, 0.6) is 0 Å². The summed E-state index contributed by atoms with van der Waals surface area (Å²) in [5.41, 5.74) is 2.45. The van der Waals surface area contributed by atoms with E-state index in [4.69, 9.17) is 0 Å². The molecule has 2 aromatic rings. The number of hydrogen-bond donors (Lipinski definition) is 1. The molecule has 0 spiro atoms. The second kappa shape index (κ2) is 6.45. The zero-order valence-electron chi connectivity index (χ0n) is 13.7. The van der Waals surface area contributed by atoms with Crippen LogP contribution < -0.4 is 4.90 Å². The van der Waals surface area contributed by atoms with Gasteiger partial charge in [0.05, 0.1) is 12.6 Å². The van der Waals surface area contributed by atoms with Crippen LogP contribution in [0.3, 0.4) is 0 Å². The topological polar surface area (TPSA) is 60.9 Å². The van der Waals surface area contributed by atoms with Gasteiger partial charge in [0.25, 0.3) is 5.91 Å². The summed E-state index contributed by atoms with van der Waals surface area (Å²) >= 11 is 0. The van der Waals surface area contributed by atoms with Crippen molar-refractivity contribution in [3.05, 3.63) is 65.7 Å². The Labute approximate surface area is 141 Å². The van der Waals surface area contributed by atoms with Crippen LogP contribution in [0, 0.1) is 6.92 Å². The molecule has 0 saturated carbocycles. The fourth-order valence-corrected chi connectivity index (χ4v) is 2.89. The average molecular weight is 324 g/mol. The summed E-state index contributed by atoms with van der Waals surface area (Å²) in [6.07, 6.45) is -0.899. The maximum Gasteiger partial charge on any atom is 0.332 e. The third-order valence-electron chi connectivity index (χ3n) is 4.30. The Morgan fingerprint density at radius 2 is 1.67 bits per heavy atom. The summed E-state index contributed by atoms with van der Waals surface area (Å²) in [5, 5.41) is 10.3. The molecule has 24 heavy (non-hydrogen) atoms. The quantitative estimate of drug-likeness (QED) is 0.880. The molecule has 1 fully saturated rings. The number of aryl methyl sites for hydroxylation is 1. The van der Waals surface area contributed by atoms with E-state index in [9.17, 15) is 14.7 Å². The molecule has 1 saturated heterocycles. The maximum absolute atomic E-state index is 12.7. The molecule has 2 aromatic carbocycles. The van der Waals surface area contributed by atoms with Crippen LogP contribution in [0.2, 0.25) is 0 Å². The van der Waals surface area contributed by atoms with Crippen molar-refractivity contribution in [2.24, 2.45) is 0 Å². The number of urea groups is 1. The Balaban J connectivity index is 1.81. The number of rotatable bonds is 4. The number of hydrogen-bond acceptors (Lipinski definition) is 3. The lowest BCUT2D eigenvalue weighted by atomic mass is 10.1. The first-order valence-electron chi connectivity index (χ1n) is 7.93. The molecule has 0 aromatic heterocycles. The maximum atomic E-state index is 12.7. The van der Waals surface area contributed by atoms with Crippen LogP contribution in [0.15, 0.2) is 54.6 Å². The van der Waals surface area contributed by atoms with Gasteiger partial charge in [0.15, 0.2) is 0 Å². The van der Waals surface area contributed by atoms with Crippen LogP contribution in [0.25, 0.3) is 0 Å². The SMILES string of the molecule is Cc1ccc(N2C(=O)N(C[C@H](O)c3ccccc3)C(=O)[C@H]2C)cc1. The summed E-state index contributed by atoms with van der Waals surface area (Å²) in [6, 6.07) is 15.5. The molecule has 3 amide bonds. The Bertz CT molecular complexity index is 743. The van der Waals surface area contributed by atoms with Gasteiger partial charge in [-0.1, -0.05) is 48.0 Å². The van der Waals surface area contributed by atoms with Gasteiger partial charge >= 0.3 is 6.03 Å². The van der Waals surface area contributed by atoms with E-state index >= 15 is 0 Å². The molecule has 1 N–H and O–H groups in total. The smallest absolute Gasteiger partial charge is 0.332 e. The molecule has 0 radical (unpaired) electrons. The van der Waals surface area contributed by atoms with Crippen molar-refractivity contribution < 1.29 is 14.7 Å². The van der Waals surface area contributed by atoms with Gasteiger partial charge in [0, 0.05) is 5.69 Å². The summed E-state index contributed by atoms with van der Waals surface area (Å²) in [5.74, 6) is -0.296. The Hall–Kier alpha value is -2.66. The summed E-state index contributed by atoms with van der Waals surface area (Å²) in [4.78, 5) is 27.8. The summed E-state index contributed by atoms with van der Waals surface area (Å²) in [7, 11) is 0. The van der Waals surface area contributed by atoms with Crippen LogP contribution >= 0.6 is 0 Å². The van der Waals surface area contributed by atoms with Crippen molar-refractivity contribution in [2.75, 3.05) is 11.4 Å². The van der Waals surface area contributed by atoms with Gasteiger partial charge in [-0.05, 0) is 31.5 Å². The largest absolute Gasteiger partial charge is 0.387 e. The second-order valence-electron chi connectivity index (χ2n) is 6.04. The van der Waals surface area contributed by atoms with Gasteiger partial charge in [-0.25, -0.2) is 4.79 Å². The molecule has 2 atom stereocenters. The highest BCUT2D eigenvalue weighted by atomic mass is 16.3. The van der Waals surface area contributed by atoms with Gasteiger partial charge < -0.3 is 5.11 Å². The number of benzene rings is 2. The molecule has 5 heteroatoms. The van der Waals surface area contributed by atoms with E-state index in [2.05, 4.69) is 0 Å². The fraction of sp³-hybridized carbons (Fsp3) is 0.263. The van der Waals surface area contributed by atoms with Crippen LogP contribution in [-0.2, 0) is 4.79 Å². The van der Waals surface area contributed by atoms with E-state index in [0.29, 0.717) is 11.3 Å².